The van der Waals surface area contributed by atoms with Crippen molar-refractivity contribution in [3.8, 4) is 0 Å². The molecule has 3 atom stereocenters. The number of aromatic nitrogens is 2. The normalized spacial score (nSPS) is 34.2. The highest BCUT2D eigenvalue weighted by atomic mass is 15.3. The number of rotatable bonds is 3. The van der Waals surface area contributed by atoms with Gasteiger partial charge in [-0.25, -0.2) is 10.8 Å². The number of hydrogen-bond donors (Lipinski definition) is 3. The van der Waals surface area contributed by atoms with Gasteiger partial charge in [0.25, 0.3) is 0 Å². The average molecular weight is 275 g/mol. The molecule has 3 rings (SSSR count). The lowest BCUT2D eigenvalue weighted by Gasteiger charge is -2.43. The summed E-state index contributed by atoms with van der Waals surface area (Å²) in [6.07, 6.45) is 3.99. The number of nitrogens with two attached hydrogens (primary N) is 1. The van der Waals surface area contributed by atoms with Crippen molar-refractivity contribution < 1.29 is 0 Å². The molecule has 0 spiro atoms. The van der Waals surface area contributed by atoms with Crippen molar-refractivity contribution in [1.82, 2.24) is 9.97 Å². The third kappa shape index (κ3) is 1.95. The maximum Gasteiger partial charge on any atom is 0.239 e. The van der Waals surface area contributed by atoms with E-state index in [1.165, 1.54) is 19.3 Å². The molecule has 2 bridgehead atoms. The van der Waals surface area contributed by atoms with Gasteiger partial charge in [0.05, 0.1) is 0 Å². The lowest BCUT2D eigenvalue weighted by Crippen LogP contribution is -2.46. The van der Waals surface area contributed by atoms with E-state index in [9.17, 15) is 0 Å². The Morgan fingerprint density at radius 1 is 1.30 bits per heavy atom. The summed E-state index contributed by atoms with van der Waals surface area (Å²) in [7, 11) is 0. The predicted octanol–water partition coefficient (Wildman–Crippen LogP) is 2.70. The van der Waals surface area contributed by atoms with E-state index in [0.717, 1.165) is 17.4 Å². The highest BCUT2D eigenvalue weighted by Gasteiger charge is 2.59. The van der Waals surface area contributed by atoms with E-state index in [1.807, 2.05) is 13.0 Å². The van der Waals surface area contributed by atoms with Gasteiger partial charge >= 0.3 is 0 Å². The van der Waals surface area contributed by atoms with Crippen LogP contribution in [0.4, 0.5) is 11.8 Å². The SMILES string of the molecule is Cc1cc(NC2C3(C)CCC(C3)C2(C)C)nc(NN)n1. The molecule has 0 radical (unpaired) electrons. The average Bonchev–Trinajstić information content (AvgIpc) is 2.85. The van der Waals surface area contributed by atoms with Gasteiger partial charge in [-0.3, -0.25) is 5.43 Å². The first kappa shape index (κ1) is 13.6. The summed E-state index contributed by atoms with van der Waals surface area (Å²) >= 11 is 0. The summed E-state index contributed by atoms with van der Waals surface area (Å²) in [6, 6.07) is 2.44. The molecular formula is C15H25N5. The van der Waals surface area contributed by atoms with Gasteiger partial charge in [-0.2, -0.15) is 4.98 Å². The lowest BCUT2D eigenvalue weighted by atomic mass is 9.68. The van der Waals surface area contributed by atoms with Gasteiger partial charge in [-0.05, 0) is 42.9 Å². The highest BCUT2D eigenvalue weighted by Crippen LogP contribution is 2.63. The van der Waals surface area contributed by atoms with E-state index in [2.05, 4.69) is 41.5 Å². The minimum atomic E-state index is 0.308. The van der Waals surface area contributed by atoms with Crippen LogP contribution in [0.1, 0.15) is 45.7 Å². The smallest absolute Gasteiger partial charge is 0.239 e. The maximum absolute atomic E-state index is 5.43. The summed E-state index contributed by atoms with van der Waals surface area (Å²) < 4.78 is 0. The van der Waals surface area contributed by atoms with Gasteiger partial charge in [0, 0.05) is 17.8 Å². The second kappa shape index (κ2) is 4.32. The molecule has 0 aliphatic heterocycles. The Hall–Kier alpha value is -1.36. The lowest BCUT2D eigenvalue weighted by molar-refractivity contribution is 0.155. The van der Waals surface area contributed by atoms with Gasteiger partial charge in [0.2, 0.25) is 5.95 Å². The predicted molar refractivity (Wildman–Crippen MR) is 81.2 cm³/mol. The third-order valence-electron chi connectivity index (χ3n) is 5.55. The summed E-state index contributed by atoms with van der Waals surface area (Å²) in [5.41, 5.74) is 4.14. The monoisotopic (exact) mass is 275 g/mol. The fraction of sp³-hybridized carbons (Fsp3) is 0.733. The third-order valence-corrected chi connectivity index (χ3v) is 5.55. The second-order valence-electron chi connectivity index (χ2n) is 7.35. The zero-order valence-electron chi connectivity index (χ0n) is 12.8. The molecule has 2 fully saturated rings. The van der Waals surface area contributed by atoms with E-state index in [4.69, 9.17) is 5.84 Å². The number of hydrogen-bond acceptors (Lipinski definition) is 5. The zero-order chi connectivity index (χ0) is 14.5. The van der Waals surface area contributed by atoms with E-state index < -0.39 is 0 Å². The minimum absolute atomic E-state index is 0.308. The number of anilines is 2. The molecule has 2 aliphatic carbocycles. The molecule has 0 saturated heterocycles. The molecular weight excluding hydrogens is 250 g/mol. The van der Waals surface area contributed by atoms with Gasteiger partial charge in [-0.1, -0.05) is 20.8 Å². The van der Waals surface area contributed by atoms with Crippen LogP contribution in [0.25, 0.3) is 0 Å². The summed E-state index contributed by atoms with van der Waals surface area (Å²) in [6.45, 7) is 9.14. The molecule has 2 saturated carbocycles. The quantitative estimate of drug-likeness (QED) is 0.584. The molecule has 3 unspecified atom stereocenters. The Morgan fingerprint density at radius 2 is 2.05 bits per heavy atom. The highest BCUT2D eigenvalue weighted by molar-refractivity contribution is 5.44. The Morgan fingerprint density at radius 3 is 2.65 bits per heavy atom. The summed E-state index contributed by atoms with van der Waals surface area (Å²) in [5.74, 6) is 7.60. The first-order chi connectivity index (χ1) is 9.35. The van der Waals surface area contributed by atoms with E-state index in [0.29, 0.717) is 22.8 Å². The van der Waals surface area contributed by atoms with E-state index >= 15 is 0 Å². The fourth-order valence-corrected chi connectivity index (χ4v) is 4.52. The minimum Gasteiger partial charge on any atom is -0.366 e. The van der Waals surface area contributed by atoms with Crippen molar-refractivity contribution in [2.45, 2.75) is 53.0 Å². The molecule has 1 aromatic heterocycles. The Bertz CT molecular complexity index is 522. The van der Waals surface area contributed by atoms with Crippen molar-refractivity contribution >= 4 is 11.8 Å². The van der Waals surface area contributed by atoms with Gasteiger partial charge in [0.15, 0.2) is 0 Å². The first-order valence-electron chi connectivity index (χ1n) is 7.44. The van der Waals surface area contributed by atoms with Crippen molar-refractivity contribution in [3.05, 3.63) is 11.8 Å². The molecule has 4 N–H and O–H groups in total. The molecule has 5 nitrogen and oxygen atoms in total. The number of fused-ring (bicyclic) bond motifs is 2. The van der Waals surface area contributed by atoms with Crippen molar-refractivity contribution in [2.75, 3.05) is 10.7 Å². The molecule has 1 aromatic rings. The Balaban J connectivity index is 1.89. The van der Waals surface area contributed by atoms with Gasteiger partial charge in [-0.15, -0.1) is 0 Å². The Kier molecular flexibility index (Phi) is 2.94. The van der Waals surface area contributed by atoms with Gasteiger partial charge in [0.1, 0.15) is 5.82 Å². The van der Waals surface area contributed by atoms with Crippen molar-refractivity contribution in [1.29, 1.82) is 0 Å². The van der Waals surface area contributed by atoms with Crippen LogP contribution in [0.15, 0.2) is 6.07 Å². The van der Waals surface area contributed by atoms with Crippen LogP contribution in [-0.4, -0.2) is 16.0 Å². The zero-order valence-corrected chi connectivity index (χ0v) is 12.8. The van der Waals surface area contributed by atoms with Crippen molar-refractivity contribution in [3.63, 3.8) is 0 Å². The first-order valence-corrected chi connectivity index (χ1v) is 7.44. The molecule has 1 heterocycles. The van der Waals surface area contributed by atoms with Crippen LogP contribution >= 0.6 is 0 Å². The number of nitrogen functional groups attached to an aromatic ring is 1. The van der Waals surface area contributed by atoms with Crippen LogP contribution in [0.3, 0.4) is 0 Å². The largest absolute Gasteiger partial charge is 0.366 e. The number of hydrazine groups is 1. The number of nitrogens with one attached hydrogen (secondary N) is 2. The maximum atomic E-state index is 5.43. The number of nitrogens with zero attached hydrogens (tertiary/aromatic N) is 2. The molecule has 5 heteroatoms. The van der Waals surface area contributed by atoms with Crippen molar-refractivity contribution in [2.24, 2.45) is 22.6 Å². The molecule has 110 valence electrons. The van der Waals surface area contributed by atoms with E-state index in [-0.39, 0.29) is 0 Å². The summed E-state index contributed by atoms with van der Waals surface area (Å²) in [4.78, 5) is 8.68. The van der Waals surface area contributed by atoms with E-state index in [1.54, 1.807) is 0 Å². The van der Waals surface area contributed by atoms with Crippen LogP contribution in [-0.2, 0) is 0 Å². The second-order valence-corrected chi connectivity index (χ2v) is 7.35. The van der Waals surface area contributed by atoms with Crippen LogP contribution < -0.4 is 16.6 Å². The Labute approximate surface area is 120 Å². The van der Waals surface area contributed by atoms with Crippen LogP contribution in [0.5, 0.6) is 0 Å². The topological polar surface area (TPSA) is 75.9 Å². The van der Waals surface area contributed by atoms with Gasteiger partial charge < -0.3 is 5.32 Å². The van der Waals surface area contributed by atoms with Crippen LogP contribution in [0.2, 0.25) is 0 Å². The molecule has 0 amide bonds. The molecule has 20 heavy (non-hydrogen) atoms. The summed E-state index contributed by atoms with van der Waals surface area (Å²) in [5, 5.41) is 3.67. The van der Waals surface area contributed by atoms with Crippen LogP contribution in [0, 0.1) is 23.7 Å². The fourth-order valence-electron chi connectivity index (χ4n) is 4.52. The standard InChI is InChI=1S/C15H25N5/c1-9-7-11(19-13(17-9)20-16)18-12-14(2,3)10-5-6-15(12,4)8-10/h7,10,12H,5-6,8,16H2,1-4H3,(H2,17,18,19,20). The molecule has 2 aliphatic rings. The molecule has 0 aromatic carbocycles. The number of aryl methyl sites for hydroxylation is 1.